The first kappa shape index (κ1) is 23.3. The van der Waals surface area contributed by atoms with Crippen LogP contribution in [0, 0.1) is 11.5 Å². The maximum Gasteiger partial charge on any atom is 0.283 e. The standard InChI is InChI=1S/CHNO.H3N.H2S/c2-1-3;;/h3H;1H3;1H2. The monoisotopic (exact) mass is 94.0 g/mol. The van der Waals surface area contributed by atoms with E-state index in [1.54, 1.807) is 0 Å². The summed E-state index contributed by atoms with van der Waals surface area (Å²) in [5.74, 6) is 0. The van der Waals surface area contributed by atoms with Gasteiger partial charge in [0, 0.05) is 0 Å². The van der Waals surface area contributed by atoms with Crippen molar-refractivity contribution in [3.05, 3.63) is 0 Å². The molecule has 0 aliphatic carbocycles. The summed E-state index contributed by atoms with van der Waals surface area (Å²) >= 11 is 0. The Hall–Kier alpha value is -0.400. The van der Waals surface area contributed by atoms with Crippen LogP contribution in [0.3, 0.4) is 0 Å². The number of nitriles is 1. The van der Waals surface area contributed by atoms with E-state index in [0.717, 1.165) is 6.26 Å². The third-order valence-electron chi connectivity index (χ3n) is 0. The lowest BCUT2D eigenvalue weighted by Crippen LogP contribution is -1.27. The molecule has 0 heterocycles. The Morgan fingerprint density at radius 1 is 1.60 bits per heavy atom. The SMILES string of the molecule is N.N#CO.S. The van der Waals surface area contributed by atoms with E-state index in [2.05, 4.69) is 0 Å². The van der Waals surface area contributed by atoms with Crippen LogP contribution in [0.4, 0.5) is 0 Å². The van der Waals surface area contributed by atoms with Gasteiger partial charge in [-0.25, -0.2) is 0 Å². The van der Waals surface area contributed by atoms with E-state index in [9.17, 15) is 0 Å². The maximum absolute atomic E-state index is 6.88. The van der Waals surface area contributed by atoms with Crippen molar-refractivity contribution in [1.82, 2.24) is 6.15 Å². The van der Waals surface area contributed by atoms with Crippen molar-refractivity contribution < 1.29 is 5.11 Å². The van der Waals surface area contributed by atoms with Crippen molar-refractivity contribution >= 4 is 13.5 Å². The van der Waals surface area contributed by atoms with Crippen molar-refractivity contribution in [2.75, 3.05) is 0 Å². The molecule has 0 fully saturated rings. The number of nitrogens with zero attached hydrogens (tertiary/aromatic N) is 1. The van der Waals surface area contributed by atoms with Gasteiger partial charge in [-0.05, 0) is 0 Å². The predicted molar refractivity (Wildman–Crippen MR) is 23.0 cm³/mol. The quantitative estimate of drug-likeness (QED) is 0.418. The van der Waals surface area contributed by atoms with E-state index in [1.807, 2.05) is 0 Å². The molecule has 0 amide bonds. The molecule has 0 unspecified atom stereocenters. The molecule has 0 spiro atoms. The second kappa shape index (κ2) is 67.6. The van der Waals surface area contributed by atoms with E-state index >= 15 is 0 Å². The van der Waals surface area contributed by atoms with Crippen LogP contribution >= 0.6 is 13.5 Å². The molecule has 0 atom stereocenters. The van der Waals surface area contributed by atoms with Gasteiger partial charge in [0.15, 0.2) is 0 Å². The molecule has 4 N–H and O–H groups in total. The summed E-state index contributed by atoms with van der Waals surface area (Å²) in [6.45, 7) is 0. The van der Waals surface area contributed by atoms with E-state index < -0.39 is 0 Å². The van der Waals surface area contributed by atoms with Crippen LogP contribution in [0.2, 0.25) is 0 Å². The molecule has 0 aromatic carbocycles. The smallest absolute Gasteiger partial charge is 0.283 e. The normalized spacial score (nSPS) is 1.40. The molecule has 3 nitrogen and oxygen atoms in total. The van der Waals surface area contributed by atoms with Crippen molar-refractivity contribution in [1.29, 1.82) is 5.26 Å². The minimum atomic E-state index is 0. The Bertz CT molecular complexity index is 31.1. The molecule has 0 saturated carbocycles. The molecule has 0 rings (SSSR count). The molecule has 0 aliphatic rings. The average Bonchev–Trinajstić information content (AvgIpc) is 0.918. The summed E-state index contributed by atoms with van der Waals surface area (Å²) < 4.78 is 0. The van der Waals surface area contributed by atoms with Crippen molar-refractivity contribution in [2.45, 2.75) is 0 Å². The Balaban J connectivity index is -0.0000000200. The topological polar surface area (TPSA) is 79.0 Å². The predicted octanol–water partition coefficient (Wildman–Crippen LogP) is 0.115. The largest absolute Gasteiger partial charge is 0.443 e. The molecule has 0 aromatic heterocycles. The highest BCUT2D eigenvalue weighted by atomic mass is 32.1. The highest BCUT2D eigenvalue weighted by molar-refractivity contribution is 7.59. The fourth-order valence-corrected chi connectivity index (χ4v) is 0. The number of aliphatic hydroxyl groups excluding tert-OH is 1. The van der Waals surface area contributed by atoms with Gasteiger partial charge in [0.1, 0.15) is 0 Å². The molecule has 0 saturated heterocycles. The van der Waals surface area contributed by atoms with Crippen LogP contribution in [0.5, 0.6) is 0 Å². The lowest BCUT2D eigenvalue weighted by atomic mass is 11.6. The first-order chi connectivity index (χ1) is 1.41. The van der Waals surface area contributed by atoms with Crippen LogP contribution in [-0.4, -0.2) is 5.11 Å². The second-order valence-corrected chi connectivity index (χ2v) is 0.100. The van der Waals surface area contributed by atoms with Gasteiger partial charge in [0.25, 0.3) is 6.26 Å². The summed E-state index contributed by atoms with van der Waals surface area (Å²) in [6.07, 6.45) is 0.750. The first-order valence-corrected chi connectivity index (χ1v) is 0.447. The van der Waals surface area contributed by atoms with Gasteiger partial charge in [-0.2, -0.15) is 18.8 Å². The highest BCUT2D eigenvalue weighted by Gasteiger charge is 1.16. The van der Waals surface area contributed by atoms with Gasteiger partial charge in [0.05, 0.1) is 0 Å². The lowest BCUT2D eigenvalue weighted by molar-refractivity contribution is 0.503. The van der Waals surface area contributed by atoms with Gasteiger partial charge in [-0.3, -0.25) is 0 Å². The van der Waals surface area contributed by atoms with Gasteiger partial charge >= 0.3 is 0 Å². The number of rotatable bonds is 0. The molecule has 0 aromatic rings. The molecule has 0 aliphatic heterocycles. The summed E-state index contributed by atoms with van der Waals surface area (Å²) in [6, 6.07) is 0. The molecular weight excluding hydrogens is 88.1 g/mol. The zero-order valence-electron chi connectivity index (χ0n) is 2.60. The van der Waals surface area contributed by atoms with Crippen LogP contribution in [0.15, 0.2) is 0 Å². The molecule has 5 heavy (non-hydrogen) atoms. The third-order valence-corrected chi connectivity index (χ3v) is 0. The molecule has 4 heteroatoms. The molecule has 0 bridgehead atoms. The van der Waals surface area contributed by atoms with Gasteiger partial charge in [0.2, 0.25) is 0 Å². The first-order valence-electron chi connectivity index (χ1n) is 0.447. The molecular formula is CH6N2OS. The zero-order valence-corrected chi connectivity index (χ0v) is 3.60. The summed E-state index contributed by atoms with van der Waals surface area (Å²) in [4.78, 5) is 0. The average molecular weight is 94.1 g/mol. The minimum Gasteiger partial charge on any atom is -0.443 e. The van der Waals surface area contributed by atoms with Crippen LogP contribution in [0.1, 0.15) is 0 Å². The minimum absolute atomic E-state index is 0. The van der Waals surface area contributed by atoms with E-state index in [-0.39, 0.29) is 19.6 Å². The van der Waals surface area contributed by atoms with Crippen molar-refractivity contribution in [3.63, 3.8) is 0 Å². The fraction of sp³-hybridized carbons (Fsp3) is 0. The fourth-order valence-electron chi connectivity index (χ4n) is 0. The molecule has 32 valence electrons. The van der Waals surface area contributed by atoms with E-state index in [4.69, 9.17) is 10.4 Å². The number of hydrogen-bond acceptors (Lipinski definition) is 3. The Labute approximate surface area is 37.3 Å². The molecule has 0 radical (unpaired) electrons. The Morgan fingerprint density at radius 3 is 1.60 bits per heavy atom. The van der Waals surface area contributed by atoms with Gasteiger partial charge < -0.3 is 11.3 Å². The summed E-state index contributed by atoms with van der Waals surface area (Å²) in [7, 11) is 0. The lowest BCUT2D eigenvalue weighted by Gasteiger charge is -1.25. The van der Waals surface area contributed by atoms with E-state index in [1.165, 1.54) is 0 Å². The Kier molecular flexibility index (Phi) is 315. The maximum atomic E-state index is 6.88. The summed E-state index contributed by atoms with van der Waals surface area (Å²) in [5, 5.41) is 13.8. The van der Waals surface area contributed by atoms with E-state index in [0.29, 0.717) is 0 Å². The van der Waals surface area contributed by atoms with Crippen molar-refractivity contribution in [3.8, 4) is 6.26 Å². The van der Waals surface area contributed by atoms with Gasteiger partial charge in [-0.1, -0.05) is 0 Å². The zero-order chi connectivity index (χ0) is 2.71. The van der Waals surface area contributed by atoms with Gasteiger partial charge in [-0.15, -0.1) is 0 Å². The van der Waals surface area contributed by atoms with Crippen LogP contribution in [0.25, 0.3) is 0 Å². The van der Waals surface area contributed by atoms with Crippen LogP contribution < -0.4 is 6.15 Å². The van der Waals surface area contributed by atoms with Crippen molar-refractivity contribution in [2.24, 2.45) is 0 Å². The summed E-state index contributed by atoms with van der Waals surface area (Å²) in [5.41, 5.74) is 0. The highest BCUT2D eigenvalue weighted by Crippen LogP contribution is 1.06. The third kappa shape index (κ3) is 57.6. The Morgan fingerprint density at radius 2 is 1.60 bits per heavy atom. The number of hydrogen-bond donors (Lipinski definition) is 2. The van der Waals surface area contributed by atoms with Crippen LogP contribution in [-0.2, 0) is 0 Å². The number of aliphatic hydroxyl groups is 1. The second-order valence-electron chi connectivity index (χ2n) is 0.100.